The number of hydrogen-bond acceptors (Lipinski definition) is 8. The summed E-state index contributed by atoms with van der Waals surface area (Å²) < 4.78 is 16.2. The third-order valence-electron chi connectivity index (χ3n) is 6.20. The molecule has 0 aromatic rings. The summed E-state index contributed by atoms with van der Waals surface area (Å²) in [6.07, 6.45) is 3.25. The molecule has 0 aromatic carbocycles. The molecule has 0 radical (unpaired) electrons. The van der Waals surface area contributed by atoms with Crippen LogP contribution < -0.4 is 10.6 Å². The van der Waals surface area contributed by atoms with Crippen LogP contribution in [-0.2, 0) is 28.6 Å². The number of nitrogens with zero attached hydrogens (tertiary/aromatic N) is 1. The number of rotatable bonds is 3. The molecule has 3 rings (SSSR count). The molecule has 3 N–H and O–H groups in total. The first-order valence-electron chi connectivity index (χ1n) is 12.2. The summed E-state index contributed by atoms with van der Waals surface area (Å²) in [5.41, 5.74) is -1.95. The Hall–Kier alpha value is -2.66. The molecule has 1 aliphatic carbocycles. The minimum absolute atomic E-state index is 0.0205. The summed E-state index contributed by atoms with van der Waals surface area (Å²) in [6, 6.07) is -2.01. The standard InChI is InChI=1S/C24H37N3O8/c1-5-34-21(31)24-13-15(24)8-6-7-10-33-11-9-17(25-22(32)35-23(2,3)4)20(30)27-14-16(28)12-18(27)19(29)26-24/h6,8,15-18,28H,5,7,9-14H2,1-4H3,(H,25,32)(H,26,29)/t15?,16-,17+,18+,24-/m1/s1. The van der Waals surface area contributed by atoms with Crippen molar-refractivity contribution in [2.75, 3.05) is 26.4 Å². The summed E-state index contributed by atoms with van der Waals surface area (Å²) in [6.45, 7) is 7.52. The molecule has 11 nitrogen and oxygen atoms in total. The molecule has 0 bridgehead atoms. The van der Waals surface area contributed by atoms with Gasteiger partial charge >= 0.3 is 12.1 Å². The molecule has 2 heterocycles. The first kappa shape index (κ1) is 26.9. The van der Waals surface area contributed by atoms with E-state index in [1.807, 2.05) is 12.2 Å². The third kappa shape index (κ3) is 6.72. The second-order valence-electron chi connectivity index (χ2n) is 10.2. The molecule has 5 atom stereocenters. The molecule has 0 spiro atoms. The lowest BCUT2D eigenvalue weighted by Gasteiger charge is -2.30. The van der Waals surface area contributed by atoms with Gasteiger partial charge in [0.25, 0.3) is 0 Å². The fourth-order valence-corrected chi connectivity index (χ4v) is 4.44. The van der Waals surface area contributed by atoms with Crippen LogP contribution in [0.3, 0.4) is 0 Å². The van der Waals surface area contributed by atoms with Crippen molar-refractivity contribution in [3.8, 4) is 0 Å². The Morgan fingerprint density at radius 2 is 2.06 bits per heavy atom. The maximum atomic E-state index is 13.5. The van der Waals surface area contributed by atoms with E-state index in [9.17, 15) is 24.3 Å². The van der Waals surface area contributed by atoms with E-state index in [-0.39, 0.29) is 38.5 Å². The molecule has 3 aliphatic rings. The number of amides is 3. The van der Waals surface area contributed by atoms with Gasteiger partial charge in [-0.05, 0) is 40.5 Å². The van der Waals surface area contributed by atoms with E-state index in [1.54, 1.807) is 27.7 Å². The Labute approximate surface area is 205 Å². The normalized spacial score (nSPS) is 31.9. The van der Waals surface area contributed by atoms with Crippen molar-refractivity contribution >= 4 is 23.9 Å². The van der Waals surface area contributed by atoms with Gasteiger partial charge in [-0.1, -0.05) is 12.2 Å². The molecule has 0 aromatic heterocycles. The lowest BCUT2D eigenvalue weighted by Crippen LogP contribution is -2.57. The molecular weight excluding hydrogens is 458 g/mol. The monoisotopic (exact) mass is 495 g/mol. The smallest absolute Gasteiger partial charge is 0.408 e. The first-order valence-corrected chi connectivity index (χ1v) is 12.2. The lowest BCUT2D eigenvalue weighted by molar-refractivity contribution is -0.150. The molecule has 1 unspecified atom stereocenters. The fourth-order valence-electron chi connectivity index (χ4n) is 4.44. The maximum Gasteiger partial charge on any atom is 0.408 e. The third-order valence-corrected chi connectivity index (χ3v) is 6.20. The number of esters is 1. The number of fused-ring (bicyclic) bond motifs is 2. The summed E-state index contributed by atoms with van der Waals surface area (Å²) >= 11 is 0. The molecule has 196 valence electrons. The van der Waals surface area contributed by atoms with Gasteiger partial charge in [-0.3, -0.25) is 9.59 Å². The van der Waals surface area contributed by atoms with Crippen molar-refractivity contribution in [3.05, 3.63) is 12.2 Å². The van der Waals surface area contributed by atoms with Crippen molar-refractivity contribution in [2.24, 2.45) is 5.92 Å². The molecule has 2 fully saturated rings. The van der Waals surface area contributed by atoms with Gasteiger partial charge in [-0.15, -0.1) is 0 Å². The number of aliphatic hydroxyl groups excluding tert-OH is 1. The van der Waals surface area contributed by atoms with Crippen molar-refractivity contribution in [1.82, 2.24) is 15.5 Å². The highest BCUT2D eigenvalue weighted by molar-refractivity contribution is 5.96. The van der Waals surface area contributed by atoms with Crippen LogP contribution in [0.5, 0.6) is 0 Å². The van der Waals surface area contributed by atoms with Gasteiger partial charge in [0.15, 0.2) is 0 Å². The minimum atomic E-state index is -1.19. The molecule has 35 heavy (non-hydrogen) atoms. The zero-order chi connectivity index (χ0) is 25.8. The zero-order valence-electron chi connectivity index (χ0n) is 20.9. The Balaban J connectivity index is 1.84. The quantitative estimate of drug-likeness (QED) is 0.382. The van der Waals surface area contributed by atoms with Gasteiger partial charge in [0.2, 0.25) is 11.8 Å². The summed E-state index contributed by atoms with van der Waals surface area (Å²) in [4.78, 5) is 53.2. The van der Waals surface area contributed by atoms with Crippen molar-refractivity contribution < 1.29 is 38.5 Å². The molecule has 2 aliphatic heterocycles. The SMILES string of the molecule is CCOC(=O)[C@@]12CC1C=CCCOCC[C@H](NC(=O)OC(C)(C)C)C(=O)N1C[C@H](O)C[C@H]1C(=O)N2. The van der Waals surface area contributed by atoms with Crippen LogP contribution in [0.2, 0.25) is 0 Å². The van der Waals surface area contributed by atoms with E-state index in [4.69, 9.17) is 14.2 Å². The Bertz CT molecular complexity index is 854. The number of ether oxygens (including phenoxy) is 3. The van der Waals surface area contributed by atoms with E-state index >= 15 is 0 Å². The van der Waals surface area contributed by atoms with Gasteiger partial charge in [0.05, 0.1) is 19.3 Å². The Kier molecular flexibility index (Phi) is 8.42. The van der Waals surface area contributed by atoms with E-state index < -0.39 is 53.2 Å². The molecule has 1 saturated heterocycles. The largest absolute Gasteiger partial charge is 0.464 e. The Morgan fingerprint density at radius 1 is 1.31 bits per heavy atom. The zero-order valence-corrected chi connectivity index (χ0v) is 20.9. The van der Waals surface area contributed by atoms with E-state index in [0.29, 0.717) is 19.4 Å². The lowest BCUT2D eigenvalue weighted by atomic mass is 10.1. The summed E-state index contributed by atoms with van der Waals surface area (Å²) in [5, 5.41) is 15.7. The molecular formula is C24H37N3O8. The van der Waals surface area contributed by atoms with Crippen molar-refractivity contribution in [2.45, 2.75) is 82.7 Å². The van der Waals surface area contributed by atoms with Gasteiger partial charge in [0, 0.05) is 31.9 Å². The van der Waals surface area contributed by atoms with E-state index in [0.717, 1.165) is 0 Å². The average Bonchev–Trinajstić information content (AvgIpc) is 3.30. The molecule has 11 heteroatoms. The van der Waals surface area contributed by atoms with E-state index in [1.165, 1.54) is 4.90 Å². The summed E-state index contributed by atoms with van der Waals surface area (Å²) in [7, 11) is 0. The number of carbonyl (C=O) groups is 4. The fraction of sp³-hybridized carbons (Fsp3) is 0.750. The number of aliphatic hydroxyl groups is 1. The van der Waals surface area contributed by atoms with Crippen LogP contribution in [0, 0.1) is 5.92 Å². The van der Waals surface area contributed by atoms with Gasteiger partial charge < -0.3 is 34.9 Å². The predicted molar refractivity (Wildman–Crippen MR) is 124 cm³/mol. The van der Waals surface area contributed by atoms with Crippen LogP contribution in [0.4, 0.5) is 4.79 Å². The Morgan fingerprint density at radius 3 is 2.74 bits per heavy atom. The predicted octanol–water partition coefficient (Wildman–Crippen LogP) is 0.646. The highest BCUT2D eigenvalue weighted by atomic mass is 16.6. The number of nitrogens with one attached hydrogen (secondary N) is 2. The second-order valence-corrected chi connectivity index (χ2v) is 10.2. The van der Waals surface area contributed by atoms with Crippen LogP contribution >= 0.6 is 0 Å². The molecule has 1 saturated carbocycles. The minimum Gasteiger partial charge on any atom is -0.464 e. The van der Waals surface area contributed by atoms with Crippen LogP contribution in [0.1, 0.15) is 53.4 Å². The summed E-state index contributed by atoms with van der Waals surface area (Å²) in [5.74, 6) is -1.82. The van der Waals surface area contributed by atoms with Gasteiger partial charge in [0.1, 0.15) is 23.2 Å². The molecule has 3 amide bonds. The maximum absolute atomic E-state index is 13.5. The topological polar surface area (TPSA) is 144 Å². The van der Waals surface area contributed by atoms with Crippen LogP contribution in [0.15, 0.2) is 12.2 Å². The van der Waals surface area contributed by atoms with Crippen LogP contribution in [-0.4, -0.2) is 89.6 Å². The van der Waals surface area contributed by atoms with Crippen LogP contribution in [0.25, 0.3) is 0 Å². The van der Waals surface area contributed by atoms with Gasteiger partial charge in [-0.2, -0.15) is 0 Å². The second kappa shape index (κ2) is 10.9. The number of carbonyl (C=O) groups excluding carboxylic acids is 4. The average molecular weight is 496 g/mol. The van der Waals surface area contributed by atoms with E-state index in [2.05, 4.69) is 10.6 Å². The number of hydrogen-bond donors (Lipinski definition) is 3. The highest BCUT2D eigenvalue weighted by Crippen LogP contribution is 2.46. The van der Waals surface area contributed by atoms with Crippen molar-refractivity contribution in [3.63, 3.8) is 0 Å². The van der Waals surface area contributed by atoms with Gasteiger partial charge in [-0.25, -0.2) is 9.59 Å². The number of alkyl carbamates (subject to hydrolysis) is 1. The van der Waals surface area contributed by atoms with Crippen molar-refractivity contribution in [1.29, 1.82) is 0 Å². The highest BCUT2D eigenvalue weighted by Gasteiger charge is 2.62. The first-order chi connectivity index (χ1) is 16.5.